The van der Waals surface area contributed by atoms with Gasteiger partial charge >= 0.3 is 5.97 Å². The van der Waals surface area contributed by atoms with Crippen molar-refractivity contribution in [2.24, 2.45) is 0 Å². The number of esters is 1. The van der Waals surface area contributed by atoms with Crippen molar-refractivity contribution in [2.45, 2.75) is 12.5 Å². The topological polar surface area (TPSA) is 72.8 Å². The molecule has 1 aliphatic heterocycles. The monoisotopic (exact) mass is 236 g/mol. The lowest BCUT2D eigenvalue weighted by atomic mass is 10.0. The zero-order chi connectivity index (χ0) is 12.4. The molecular formula is C12H12O5. The van der Waals surface area contributed by atoms with Gasteiger partial charge < -0.3 is 14.6 Å². The number of hydrogen-bond donors (Lipinski definition) is 1. The van der Waals surface area contributed by atoms with E-state index in [0.717, 1.165) is 0 Å². The van der Waals surface area contributed by atoms with E-state index in [-0.39, 0.29) is 5.78 Å². The molecule has 17 heavy (non-hydrogen) atoms. The van der Waals surface area contributed by atoms with Gasteiger partial charge in [-0.3, -0.25) is 4.79 Å². The number of aliphatic hydroxyl groups excluding tert-OH is 1. The molecule has 0 saturated heterocycles. The maximum Gasteiger partial charge on any atom is 0.339 e. The molecule has 0 bridgehead atoms. The Labute approximate surface area is 98.0 Å². The Morgan fingerprint density at radius 2 is 2.29 bits per heavy atom. The van der Waals surface area contributed by atoms with Crippen LogP contribution in [0.15, 0.2) is 18.2 Å². The lowest BCUT2D eigenvalue weighted by Crippen LogP contribution is -2.17. The van der Waals surface area contributed by atoms with Gasteiger partial charge in [0.1, 0.15) is 5.75 Å². The van der Waals surface area contributed by atoms with Gasteiger partial charge in [-0.1, -0.05) is 6.07 Å². The summed E-state index contributed by atoms with van der Waals surface area (Å²) in [5, 5.41) is 9.64. The Morgan fingerprint density at radius 1 is 1.53 bits per heavy atom. The van der Waals surface area contributed by atoms with Crippen LogP contribution in [0.4, 0.5) is 0 Å². The van der Waals surface area contributed by atoms with Gasteiger partial charge in [0.25, 0.3) is 0 Å². The van der Waals surface area contributed by atoms with Crippen molar-refractivity contribution in [1.29, 1.82) is 0 Å². The number of methoxy groups -OCH3 is 1. The van der Waals surface area contributed by atoms with Gasteiger partial charge in [-0.15, -0.1) is 0 Å². The summed E-state index contributed by atoms with van der Waals surface area (Å²) in [4.78, 5) is 22.7. The van der Waals surface area contributed by atoms with Gasteiger partial charge in [0, 0.05) is 6.42 Å². The predicted octanol–water partition coefficient (Wildman–Crippen LogP) is 0.858. The van der Waals surface area contributed by atoms with Crippen LogP contribution >= 0.6 is 0 Å². The highest BCUT2D eigenvalue weighted by atomic mass is 16.5. The molecule has 1 aromatic carbocycles. The van der Waals surface area contributed by atoms with E-state index in [9.17, 15) is 14.7 Å². The van der Waals surface area contributed by atoms with Gasteiger partial charge in [-0.2, -0.15) is 0 Å². The summed E-state index contributed by atoms with van der Waals surface area (Å²) in [5.41, 5.74) is 0.836. The fourth-order valence-electron chi connectivity index (χ4n) is 1.69. The Bertz CT molecular complexity index is 466. The van der Waals surface area contributed by atoms with Gasteiger partial charge in [0.15, 0.2) is 11.9 Å². The molecule has 1 aliphatic rings. The van der Waals surface area contributed by atoms with E-state index in [2.05, 4.69) is 4.74 Å². The third kappa shape index (κ3) is 2.14. The van der Waals surface area contributed by atoms with Gasteiger partial charge in [0.05, 0.1) is 19.3 Å². The second-order valence-corrected chi connectivity index (χ2v) is 3.70. The third-order valence-corrected chi connectivity index (χ3v) is 2.63. The van der Waals surface area contributed by atoms with Crippen molar-refractivity contribution in [3.63, 3.8) is 0 Å². The summed E-state index contributed by atoms with van der Waals surface area (Å²) in [5.74, 6) is -0.334. The van der Waals surface area contributed by atoms with Crippen LogP contribution in [0.25, 0.3) is 0 Å². The number of fused-ring (bicyclic) bond motifs is 1. The SMILES string of the molecule is COC(=O)C(O)c1ccc2c(c1)OCCC2=O. The molecule has 0 fully saturated rings. The van der Waals surface area contributed by atoms with Crippen LogP contribution in [0.1, 0.15) is 28.4 Å². The van der Waals surface area contributed by atoms with E-state index in [1.54, 1.807) is 6.07 Å². The summed E-state index contributed by atoms with van der Waals surface area (Å²) in [6, 6.07) is 4.57. The first-order chi connectivity index (χ1) is 8.13. The molecule has 2 rings (SSSR count). The molecule has 5 nitrogen and oxygen atoms in total. The molecule has 1 N–H and O–H groups in total. The summed E-state index contributed by atoms with van der Waals surface area (Å²) < 4.78 is 9.75. The number of ether oxygens (including phenoxy) is 2. The maximum absolute atomic E-state index is 11.5. The molecule has 0 saturated carbocycles. The summed E-state index contributed by atoms with van der Waals surface area (Å²) >= 11 is 0. The summed E-state index contributed by atoms with van der Waals surface area (Å²) in [6.07, 6.45) is -1.00. The highest BCUT2D eigenvalue weighted by molar-refractivity contribution is 5.99. The number of benzene rings is 1. The van der Waals surface area contributed by atoms with E-state index in [0.29, 0.717) is 29.9 Å². The van der Waals surface area contributed by atoms with Crippen LogP contribution in [-0.4, -0.2) is 30.6 Å². The Hall–Kier alpha value is -1.88. The van der Waals surface area contributed by atoms with E-state index >= 15 is 0 Å². The Kier molecular flexibility index (Phi) is 3.10. The highest BCUT2D eigenvalue weighted by Crippen LogP contribution is 2.28. The molecule has 1 atom stereocenters. The lowest BCUT2D eigenvalue weighted by Gasteiger charge is -2.18. The maximum atomic E-state index is 11.5. The van der Waals surface area contributed by atoms with Crippen molar-refractivity contribution in [2.75, 3.05) is 13.7 Å². The van der Waals surface area contributed by atoms with Crippen LogP contribution in [0.5, 0.6) is 5.75 Å². The summed E-state index contributed by atoms with van der Waals surface area (Å²) in [7, 11) is 1.20. The molecule has 1 heterocycles. The summed E-state index contributed by atoms with van der Waals surface area (Å²) in [6.45, 7) is 0.323. The number of ketones is 1. The predicted molar refractivity (Wildman–Crippen MR) is 57.9 cm³/mol. The second kappa shape index (κ2) is 4.55. The van der Waals surface area contributed by atoms with Crippen molar-refractivity contribution in [3.05, 3.63) is 29.3 Å². The van der Waals surface area contributed by atoms with Crippen molar-refractivity contribution in [1.82, 2.24) is 0 Å². The Balaban J connectivity index is 2.33. The minimum Gasteiger partial charge on any atom is -0.492 e. The number of aliphatic hydroxyl groups is 1. The van der Waals surface area contributed by atoms with Crippen LogP contribution < -0.4 is 4.74 Å². The zero-order valence-corrected chi connectivity index (χ0v) is 9.30. The first-order valence-electron chi connectivity index (χ1n) is 5.19. The molecule has 1 aromatic rings. The largest absolute Gasteiger partial charge is 0.492 e. The van der Waals surface area contributed by atoms with Crippen LogP contribution in [0.3, 0.4) is 0 Å². The van der Waals surface area contributed by atoms with Gasteiger partial charge in [-0.25, -0.2) is 4.79 Å². The molecule has 0 radical (unpaired) electrons. The molecular weight excluding hydrogens is 224 g/mol. The fraction of sp³-hybridized carbons (Fsp3) is 0.333. The van der Waals surface area contributed by atoms with E-state index < -0.39 is 12.1 Å². The Morgan fingerprint density at radius 3 is 3.00 bits per heavy atom. The van der Waals surface area contributed by atoms with E-state index in [1.165, 1.54) is 19.2 Å². The number of carbonyl (C=O) groups is 2. The van der Waals surface area contributed by atoms with E-state index in [4.69, 9.17) is 4.74 Å². The lowest BCUT2D eigenvalue weighted by molar-refractivity contribution is -0.150. The molecule has 0 amide bonds. The molecule has 0 spiro atoms. The standard InChI is InChI=1S/C12H12O5/c1-16-12(15)11(14)7-2-3-8-9(13)4-5-17-10(8)6-7/h2-3,6,11,14H,4-5H2,1H3. The number of hydrogen-bond acceptors (Lipinski definition) is 5. The van der Waals surface area contributed by atoms with Crippen molar-refractivity contribution in [3.8, 4) is 5.75 Å². The first-order valence-corrected chi connectivity index (χ1v) is 5.19. The van der Waals surface area contributed by atoms with Crippen LogP contribution in [0, 0.1) is 0 Å². The smallest absolute Gasteiger partial charge is 0.339 e. The van der Waals surface area contributed by atoms with Crippen LogP contribution in [0.2, 0.25) is 0 Å². The number of carbonyl (C=O) groups excluding carboxylic acids is 2. The highest BCUT2D eigenvalue weighted by Gasteiger charge is 2.23. The normalized spacial score (nSPS) is 15.8. The van der Waals surface area contributed by atoms with Gasteiger partial charge in [0.2, 0.25) is 0 Å². The molecule has 0 aromatic heterocycles. The minimum atomic E-state index is -1.36. The average Bonchev–Trinajstić information content (AvgIpc) is 2.37. The van der Waals surface area contributed by atoms with Crippen LogP contribution in [-0.2, 0) is 9.53 Å². The zero-order valence-electron chi connectivity index (χ0n) is 9.30. The van der Waals surface area contributed by atoms with Crippen molar-refractivity contribution < 1.29 is 24.2 Å². The molecule has 1 unspecified atom stereocenters. The minimum absolute atomic E-state index is 0.00496. The average molecular weight is 236 g/mol. The second-order valence-electron chi connectivity index (χ2n) is 3.70. The molecule has 90 valence electrons. The number of Topliss-reactive ketones (excluding diaryl/α,β-unsaturated/α-hetero) is 1. The first kappa shape index (κ1) is 11.6. The fourth-order valence-corrected chi connectivity index (χ4v) is 1.69. The number of rotatable bonds is 2. The van der Waals surface area contributed by atoms with Gasteiger partial charge in [-0.05, 0) is 17.7 Å². The van der Waals surface area contributed by atoms with E-state index in [1.807, 2.05) is 0 Å². The molecule has 0 aliphatic carbocycles. The van der Waals surface area contributed by atoms with Crippen molar-refractivity contribution >= 4 is 11.8 Å². The third-order valence-electron chi connectivity index (χ3n) is 2.63. The molecule has 5 heteroatoms. The quantitative estimate of drug-likeness (QED) is 0.771.